The second kappa shape index (κ2) is 10.0. The smallest absolute Gasteiger partial charge is 0.317 e. The maximum atomic E-state index is 12.1. The zero-order valence-corrected chi connectivity index (χ0v) is 14.0. The summed E-state index contributed by atoms with van der Waals surface area (Å²) < 4.78 is 0. The van der Waals surface area contributed by atoms with Gasteiger partial charge in [0.15, 0.2) is 0 Å². The third kappa shape index (κ3) is 6.22. The van der Waals surface area contributed by atoms with Crippen molar-refractivity contribution < 1.29 is 9.90 Å². The molecule has 1 atom stereocenters. The Morgan fingerprint density at radius 2 is 1.86 bits per heavy atom. The Bertz CT molecular complexity index is 289. The van der Waals surface area contributed by atoms with E-state index < -0.39 is 0 Å². The van der Waals surface area contributed by atoms with Gasteiger partial charge in [0.1, 0.15) is 0 Å². The van der Waals surface area contributed by atoms with E-state index in [4.69, 9.17) is 5.11 Å². The molecule has 21 heavy (non-hydrogen) atoms. The normalized spacial score (nSPS) is 18.3. The molecule has 0 radical (unpaired) electrons. The van der Waals surface area contributed by atoms with Gasteiger partial charge in [0.2, 0.25) is 0 Å². The molecule has 5 heteroatoms. The van der Waals surface area contributed by atoms with Gasteiger partial charge in [-0.15, -0.1) is 0 Å². The number of carbonyl (C=O) groups excluding carboxylic acids is 1. The second-order valence-corrected chi connectivity index (χ2v) is 6.25. The summed E-state index contributed by atoms with van der Waals surface area (Å²) in [5, 5.41) is 12.0. The Morgan fingerprint density at radius 3 is 2.33 bits per heavy atom. The molecule has 5 nitrogen and oxygen atoms in total. The summed E-state index contributed by atoms with van der Waals surface area (Å²) in [5.74, 6) is 0.524. The molecule has 0 aromatic carbocycles. The van der Waals surface area contributed by atoms with Crippen molar-refractivity contribution in [3.8, 4) is 0 Å². The van der Waals surface area contributed by atoms with Crippen molar-refractivity contribution in [2.45, 2.75) is 52.5 Å². The van der Waals surface area contributed by atoms with E-state index in [-0.39, 0.29) is 12.6 Å². The molecule has 0 spiro atoms. The van der Waals surface area contributed by atoms with Crippen LogP contribution in [0.15, 0.2) is 0 Å². The number of carbonyl (C=O) groups is 1. The summed E-state index contributed by atoms with van der Waals surface area (Å²) in [6.07, 6.45) is 5.19. The van der Waals surface area contributed by atoms with E-state index in [9.17, 15) is 4.79 Å². The van der Waals surface area contributed by atoms with Crippen LogP contribution in [0.3, 0.4) is 0 Å². The fraction of sp³-hybridized carbons (Fsp3) is 0.938. The van der Waals surface area contributed by atoms with Gasteiger partial charge in [0, 0.05) is 25.7 Å². The molecule has 1 unspecified atom stereocenters. The topological polar surface area (TPSA) is 55.8 Å². The van der Waals surface area contributed by atoms with Gasteiger partial charge in [0.25, 0.3) is 0 Å². The van der Waals surface area contributed by atoms with Crippen molar-refractivity contribution in [1.82, 2.24) is 15.1 Å². The summed E-state index contributed by atoms with van der Waals surface area (Å²) in [6.45, 7) is 10.4. The molecule has 0 bridgehead atoms. The summed E-state index contributed by atoms with van der Waals surface area (Å²) in [6, 6.07) is 0.340. The molecule has 1 fully saturated rings. The lowest BCUT2D eigenvalue weighted by atomic mass is 10.0. The highest BCUT2D eigenvalue weighted by Gasteiger charge is 2.23. The molecule has 2 amide bonds. The number of urea groups is 1. The molecular weight excluding hydrogens is 266 g/mol. The van der Waals surface area contributed by atoms with Crippen LogP contribution in [0, 0.1) is 5.92 Å². The molecule has 1 heterocycles. The van der Waals surface area contributed by atoms with Crippen LogP contribution in [0.25, 0.3) is 0 Å². The maximum Gasteiger partial charge on any atom is 0.317 e. The van der Waals surface area contributed by atoms with Crippen molar-refractivity contribution in [2.24, 2.45) is 5.92 Å². The third-order valence-electron chi connectivity index (χ3n) is 4.38. The van der Waals surface area contributed by atoms with Crippen molar-refractivity contribution in [1.29, 1.82) is 0 Å². The number of aliphatic hydroxyl groups excluding tert-OH is 1. The van der Waals surface area contributed by atoms with Crippen LogP contribution >= 0.6 is 0 Å². The minimum atomic E-state index is -0.0629. The quantitative estimate of drug-likeness (QED) is 0.755. The van der Waals surface area contributed by atoms with E-state index in [1.807, 2.05) is 6.92 Å². The number of likely N-dealkylation sites (N-methyl/N-ethyl adjacent to an activating group) is 1. The largest absolute Gasteiger partial charge is 0.395 e. The Morgan fingerprint density at radius 1 is 1.24 bits per heavy atom. The van der Waals surface area contributed by atoms with Gasteiger partial charge in [-0.25, -0.2) is 4.79 Å². The molecule has 1 aliphatic rings. The van der Waals surface area contributed by atoms with Crippen LogP contribution in [-0.2, 0) is 0 Å². The van der Waals surface area contributed by atoms with Crippen LogP contribution in [0.2, 0.25) is 0 Å². The minimum absolute atomic E-state index is 0.0149. The van der Waals surface area contributed by atoms with Gasteiger partial charge in [-0.1, -0.05) is 26.7 Å². The van der Waals surface area contributed by atoms with Gasteiger partial charge in [0.05, 0.1) is 6.61 Å². The van der Waals surface area contributed by atoms with Crippen LogP contribution in [0.5, 0.6) is 0 Å². The number of hydrogen-bond acceptors (Lipinski definition) is 3. The fourth-order valence-corrected chi connectivity index (χ4v) is 3.04. The molecule has 0 aromatic heterocycles. The lowest BCUT2D eigenvalue weighted by Gasteiger charge is -2.34. The third-order valence-corrected chi connectivity index (χ3v) is 4.38. The molecule has 0 saturated carbocycles. The van der Waals surface area contributed by atoms with E-state index in [0.717, 1.165) is 13.1 Å². The van der Waals surface area contributed by atoms with Crippen molar-refractivity contribution in [3.05, 3.63) is 0 Å². The summed E-state index contributed by atoms with van der Waals surface area (Å²) >= 11 is 0. The number of nitrogens with zero attached hydrogens (tertiary/aromatic N) is 2. The predicted molar refractivity (Wildman–Crippen MR) is 86.4 cm³/mol. The first kappa shape index (κ1) is 18.2. The van der Waals surface area contributed by atoms with E-state index >= 15 is 0 Å². The standard InChI is InChI=1S/C16H33N3O2/c1-4-18(11-12-20)16(21)17-13-15(14(2)3)19-9-7-5-6-8-10-19/h14-15,20H,4-13H2,1-3H3,(H,17,21). The highest BCUT2D eigenvalue weighted by Crippen LogP contribution is 2.17. The van der Waals surface area contributed by atoms with Gasteiger partial charge in [-0.3, -0.25) is 4.90 Å². The lowest BCUT2D eigenvalue weighted by molar-refractivity contribution is 0.147. The van der Waals surface area contributed by atoms with Crippen molar-refractivity contribution in [3.63, 3.8) is 0 Å². The first-order valence-corrected chi connectivity index (χ1v) is 8.47. The SMILES string of the molecule is CCN(CCO)C(=O)NCC(C(C)C)N1CCCCCC1. The maximum absolute atomic E-state index is 12.1. The van der Waals surface area contributed by atoms with E-state index in [1.165, 1.54) is 25.7 Å². The van der Waals surface area contributed by atoms with Crippen LogP contribution < -0.4 is 5.32 Å². The summed E-state index contributed by atoms with van der Waals surface area (Å²) in [5.41, 5.74) is 0. The average Bonchev–Trinajstić information content (AvgIpc) is 2.73. The first-order chi connectivity index (χ1) is 10.1. The Labute approximate surface area is 129 Å². The van der Waals surface area contributed by atoms with Crippen molar-refractivity contribution in [2.75, 3.05) is 39.3 Å². The molecular formula is C16H33N3O2. The minimum Gasteiger partial charge on any atom is -0.395 e. The van der Waals surface area contributed by atoms with E-state index in [2.05, 4.69) is 24.1 Å². The van der Waals surface area contributed by atoms with Crippen LogP contribution in [0.4, 0.5) is 4.79 Å². The number of nitrogens with one attached hydrogen (secondary N) is 1. The highest BCUT2D eigenvalue weighted by molar-refractivity contribution is 5.74. The van der Waals surface area contributed by atoms with Gasteiger partial charge in [-0.05, 0) is 38.8 Å². The molecule has 124 valence electrons. The van der Waals surface area contributed by atoms with Gasteiger partial charge in [-0.2, -0.15) is 0 Å². The Hall–Kier alpha value is -0.810. The lowest BCUT2D eigenvalue weighted by Crippen LogP contribution is -2.50. The summed E-state index contributed by atoms with van der Waals surface area (Å²) in [7, 11) is 0. The second-order valence-electron chi connectivity index (χ2n) is 6.25. The number of rotatable bonds is 7. The fourth-order valence-electron chi connectivity index (χ4n) is 3.04. The van der Waals surface area contributed by atoms with Gasteiger partial charge < -0.3 is 15.3 Å². The number of hydrogen-bond donors (Lipinski definition) is 2. The highest BCUT2D eigenvalue weighted by atomic mass is 16.3. The monoisotopic (exact) mass is 299 g/mol. The first-order valence-electron chi connectivity index (χ1n) is 8.47. The Balaban J connectivity index is 2.51. The van der Waals surface area contributed by atoms with E-state index in [0.29, 0.717) is 31.6 Å². The van der Waals surface area contributed by atoms with E-state index in [1.54, 1.807) is 4.90 Å². The summed E-state index contributed by atoms with van der Waals surface area (Å²) in [4.78, 5) is 16.3. The molecule has 1 saturated heterocycles. The molecule has 1 rings (SSSR count). The zero-order valence-electron chi connectivity index (χ0n) is 14.0. The molecule has 0 aromatic rings. The number of amides is 2. The number of likely N-dealkylation sites (tertiary alicyclic amines) is 1. The average molecular weight is 299 g/mol. The molecule has 0 aliphatic carbocycles. The molecule has 1 aliphatic heterocycles. The molecule has 2 N–H and O–H groups in total. The van der Waals surface area contributed by atoms with Crippen LogP contribution in [-0.4, -0.2) is 66.3 Å². The number of aliphatic hydroxyl groups is 1. The predicted octanol–water partition coefficient (Wildman–Crippen LogP) is 1.91. The zero-order chi connectivity index (χ0) is 15.7. The van der Waals surface area contributed by atoms with Crippen LogP contribution in [0.1, 0.15) is 46.5 Å². The van der Waals surface area contributed by atoms with Gasteiger partial charge >= 0.3 is 6.03 Å². The van der Waals surface area contributed by atoms with Crippen molar-refractivity contribution >= 4 is 6.03 Å². The Kier molecular flexibility index (Phi) is 8.69.